The second kappa shape index (κ2) is 4.98. The van der Waals surface area contributed by atoms with Crippen LogP contribution < -0.4 is 10.2 Å². The summed E-state index contributed by atoms with van der Waals surface area (Å²) in [6.07, 6.45) is 0. The third-order valence-electron chi connectivity index (χ3n) is 1.43. The fraction of sp³-hybridized carbons (Fsp3) is 0.600. The Hall–Kier alpha value is -1.56. The fourth-order valence-corrected chi connectivity index (χ4v) is 0.791. The van der Waals surface area contributed by atoms with Crippen molar-refractivity contribution in [2.75, 3.05) is 6.61 Å². The van der Waals surface area contributed by atoms with E-state index in [1.54, 1.807) is 13.0 Å². The zero-order valence-corrected chi connectivity index (χ0v) is 9.86. The minimum absolute atomic E-state index is 0.165. The van der Waals surface area contributed by atoms with Gasteiger partial charge in [-0.25, -0.2) is 5.48 Å². The van der Waals surface area contributed by atoms with E-state index in [9.17, 15) is 4.79 Å². The first-order valence-electron chi connectivity index (χ1n) is 4.90. The number of carbonyl (C=O) groups excluding carboxylic acids is 1. The first-order chi connectivity index (χ1) is 7.37. The highest BCUT2D eigenvalue weighted by atomic mass is 16.7. The van der Waals surface area contributed by atoms with Gasteiger partial charge in [-0.05, 0) is 32.9 Å². The molecule has 0 fully saturated rings. The quantitative estimate of drug-likeness (QED) is 0.784. The lowest BCUT2D eigenvalue weighted by Crippen LogP contribution is -2.36. The third-order valence-corrected chi connectivity index (χ3v) is 1.43. The van der Waals surface area contributed by atoms with Gasteiger partial charge in [-0.15, -0.1) is 0 Å². The second-order valence-corrected chi connectivity index (χ2v) is 4.30. The van der Waals surface area contributed by atoms with E-state index in [1.807, 2.05) is 20.8 Å². The predicted octanol–water partition coefficient (Wildman–Crippen LogP) is 1.21. The molecule has 1 rings (SSSR count). The molecule has 0 saturated heterocycles. The number of hydrogen-bond donors (Lipinski definition) is 1. The smallest absolute Gasteiger partial charge is 0.281 e. The summed E-state index contributed by atoms with van der Waals surface area (Å²) in [5, 5.41) is 3.58. The highest BCUT2D eigenvalue weighted by molar-refractivity contribution is 5.76. The first kappa shape index (κ1) is 12.5. The van der Waals surface area contributed by atoms with Crippen molar-refractivity contribution in [1.82, 2.24) is 10.6 Å². The van der Waals surface area contributed by atoms with Gasteiger partial charge in [-0.1, -0.05) is 0 Å². The van der Waals surface area contributed by atoms with Crippen LogP contribution in [-0.2, 0) is 9.63 Å². The lowest BCUT2D eigenvalue weighted by Gasteiger charge is -2.18. The summed E-state index contributed by atoms with van der Waals surface area (Å²) < 4.78 is 9.83. The summed E-state index contributed by atoms with van der Waals surface area (Å²) in [6, 6.07) is 1.60. The number of rotatable bonds is 4. The summed E-state index contributed by atoms with van der Waals surface area (Å²) >= 11 is 0. The number of nitrogens with zero attached hydrogens (tertiary/aromatic N) is 1. The Morgan fingerprint density at radius 2 is 2.25 bits per heavy atom. The standard InChI is InChI=1S/C10H16N2O4/c1-7-5-9(12-15-7)14-6-8(13)11-16-10(2,3)4/h5H,6H2,1-4H3,(H,11,13). The lowest BCUT2D eigenvalue weighted by molar-refractivity contribution is -0.147. The monoisotopic (exact) mass is 228 g/mol. The molecule has 90 valence electrons. The van der Waals surface area contributed by atoms with Crippen molar-refractivity contribution in [2.45, 2.75) is 33.3 Å². The number of hydroxylamine groups is 1. The Morgan fingerprint density at radius 1 is 1.56 bits per heavy atom. The minimum atomic E-state index is -0.430. The van der Waals surface area contributed by atoms with Gasteiger partial charge in [-0.3, -0.25) is 9.63 Å². The third kappa shape index (κ3) is 4.79. The molecule has 0 spiro atoms. The summed E-state index contributed by atoms with van der Waals surface area (Å²) in [6.45, 7) is 7.06. The van der Waals surface area contributed by atoms with Gasteiger partial charge in [-0.2, -0.15) is 0 Å². The molecule has 1 aromatic rings. The summed E-state index contributed by atoms with van der Waals surface area (Å²) in [5.41, 5.74) is 1.85. The Kier molecular flexibility index (Phi) is 3.89. The van der Waals surface area contributed by atoms with Crippen LogP contribution in [0.5, 0.6) is 5.88 Å². The minimum Gasteiger partial charge on any atom is -0.465 e. The van der Waals surface area contributed by atoms with Crippen molar-refractivity contribution < 1.29 is 18.9 Å². The van der Waals surface area contributed by atoms with E-state index in [0.29, 0.717) is 5.76 Å². The number of nitrogens with one attached hydrogen (secondary N) is 1. The van der Waals surface area contributed by atoms with Gasteiger partial charge in [0.05, 0.1) is 5.60 Å². The molecule has 16 heavy (non-hydrogen) atoms. The zero-order chi connectivity index (χ0) is 12.2. The Labute approximate surface area is 93.8 Å². The molecule has 0 bridgehead atoms. The number of carbonyl (C=O) groups is 1. The lowest BCUT2D eigenvalue weighted by atomic mass is 10.2. The molecule has 1 aromatic heterocycles. The van der Waals surface area contributed by atoms with Crippen molar-refractivity contribution in [3.63, 3.8) is 0 Å². The second-order valence-electron chi connectivity index (χ2n) is 4.30. The molecule has 0 atom stereocenters. The van der Waals surface area contributed by atoms with E-state index in [1.165, 1.54) is 0 Å². The van der Waals surface area contributed by atoms with E-state index in [4.69, 9.17) is 14.1 Å². The van der Waals surface area contributed by atoms with Crippen molar-refractivity contribution in [1.29, 1.82) is 0 Å². The first-order valence-corrected chi connectivity index (χ1v) is 4.90. The number of aromatic nitrogens is 1. The van der Waals surface area contributed by atoms with E-state index < -0.39 is 5.60 Å². The molecule has 0 radical (unpaired) electrons. The van der Waals surface area contributed by atoms with Gasteiger partial charge in [0.15, 0.2) is 6.61 Å². The van der Waals surface area contributed by atoms with Crippen LogP contribution in [0.3, 0.4) is 0 Å². The molecule has 0 aliphatic carbocycles. The molecular formula is C10H16N2O4. The topological polar surface area (TPSA) is 73.6 Å². The van der Waals surface area contributed by atoms with Crippen molar-refractivity contribution in [2.24, 2.45) is 0 Å². The van der Waals surface area contributed by atoms with Crippen LogP contribution in [0.15, 0.2) is 10.6 Å². The van der Waals surface area contributed by atoms with Gasteiger partial charge in [0.25, 0.3) is 11.8 Å². The molecule has 6 nitrogen and oxygen atoms in total. The van der Waals surface area contributed by atoms with Crippen molar-refractivity contribution in [3.05, 3.63) is 11.8 Å². The van der Waals surface area contributed by atoms with E-state index in [2.05, 4.69) is 10.6 Å². The van der Waals surface area contributed by atoms with Crippen LogP contribution in [-0.4, -0.2) is 23.3 Å². The molecule has 1 heterocycles. The molecule has 0 saturated carbocycles. The molecular weight excluding hydrogens is 212 g/mol. The Bertz CT molecular complexity index is 354. The maximum atomic E-state index is 11.3. The molecule has 1 amide bonds. The van der Waals surface area contributed by atoms with Crippen LogP contribution in [0.25, 0.3) is 0 Å². The van der Waals surface area contributed by atoms with E-state index in [-0.39, 0.29) is 18.4 Å². The molecule has 0 aliphatic rings. The van der Waals surface area contributed by atoms with Gasteiger partial charge < -0.3 is 9.26 Å². The molecule has 0 aliphatic heterocycles. The number of aryl methyl sites for hydroxylation is 1. The SMILES string of the molecule is Cc1cc(OCC(=O)NOC(C)(C)C)no1. The summed E-state index contributed by atoms with van der Waals surface area (Å²) in [7, 11) is 0. The van der Waals surface area contributed by atoms with Crippen LogP contribution in [0.1, 0.15) is 26.5 Å². The highest BCUT2D eigenvalue weighted by Gasteiger charge is 2.13. The Morgan fingerprint density at radius 3 is 2.75 bits per heavy atom. The van der Waals surface area contributed by atoms with Crippen LogP contribution >= 0.6 is 0 Å². The number of hydrogen-bond acceptors (Lipinski definition) is 5. The summed E-state index contributed by atoms with van der Waals surface area (Å²) in [4.78, 5) is 16.3. The maximum absolute atomic E-state index is 11.3. The molecule has 0 aromatic carbocycles. The number of amides is 1. The highest BCUT2D eigenvalue weighted by Crippen LogP contribution is 2.09. The molecule has 6 heteroatoms. The van der Waals surface area contributed by atoms with Crippen LogP contribution in [0.2, 0.25) is 0 Å². The van der Waals surface area contributed by atoms with E-state index in [0.717, 1.165) is 0 Å². The van der Waals surface area contributed by atoms with Gasteiger partial charge >= 0.3 is 0 Å². The normalized spacial score (nSPS) is 11.2. The largest absolute Gasteiger partial charge is 0.465 e. The van der Waals surface area contributed by atoms with Crippen molar-refractivity contribution >= 4 is 5.91 Å². The maximum Gasteiger partial charge on any atom is 0.281 e. The molecule has 1 N–H and O–H groups in total. The molecule has 0 unspecified atom stereocenters. The van der Waals surface area contributed by atoms with Gasteiger partial charge in [0.2, 0.25) is 0 Å². The van der Waals surface area contributed by atoms with Gasteiger partial charge in [0.1, 0.15) is 5.76 Å². The van der Waals surface area contributed by atoms with E-state index >= 15 is 0 Å². The average molecular weight is 228 g/mol. The van der Waals surface area contributed by atoms with Crippen molar-refractivity contribution in [3.8, 4) is 5.88 Å². The van der Waals surface area contributed by atoms with Gasteiger partial charge in [0, 0.05) is 6.07 Å². The predicted molar refractivity (Wildman–Crippen MR) is 55.7 cm³/mol. The number of ether oxygens (including phenoxy) is 1. The average Bonchev–Trinajstić information content (AvgIpc) is 2.57. The zero-order valence-electron chi connectivity index (χ0n) is 9.86. The van der Waals surface area contributed by atoms with Crippen LogP contribution in [0.4, 0.5) is 0 Å². The summed E-state index contributed by atoms with van der Waals surface area (Å²) in [5.74, 6) is 0.528. The Balaban J connectivity index is 2.25. The van der Waals surface area contributed by atoms with Crippen LogP contribution in [0, 0.1) is 6.92 Å². The fourth-order valence-electron chi connectivity index (χ4n) is 0.791.